The quantitative estimate of drug-likeness (QED) is 0.617. The van der Waals surface area contributed by atoms with Crippen molar-refractivity contribution in [3.05, 3.63) is 70.8 Å². The number of halogens is 4. The predicted octanol–water partition coefficient (Wildman–Crippen LogP) is 4.11. The molecule has 1 aliphatic rings. The number of nitriles is 2. The van der Waals surface area contributed by atoms with Crippen LogP contribution in [0.4, 0.5) is 17.6 Å². The SMILES string of the molecule is N#CC(NC(=O)C1CCCC(C(=O)NC(C#N)c2ccc(F)cc2F)C1)c1ccc(F)cc1F. The topological polar surface area (TPSA) is 106 Å². The van der Waals surface area contributed by atoms with Crippen molar-refractivity contribution in [2.45, 2.75) is 37.8 Å². The van der Waals surface area contributed by atoms with E-state index >= 15 is 0 Å². The minimum Gasteiger partial charge on any atom is -0.336 e. The molecule has 10 heteroatoms. The van der Waals surface area contributed by atoms with Crippen LogP contribution in [-0.2, 0) is 9.59 Å². The standard InChI is InChI=1S/C24H20F4N4O2/c25-15-4-6-17(19(27)9-15)21(11-29)31-23(33)13-2-1-3-14(8-13)24(34)32-22(12-30)18-7-5-16(26)10-20(18)28/h4-7,9-10,13-14,21-22H,1-3,8H2,(H,31,33)(H,32,34). The van der Waals surface area contributed by atoms with E-state index in [0.717, 1.165) is 24.3 Å². The van der Waals surface area contributed by atoms with Gasteiger partial charge in [0.25, 0.3) is 0 Å². The van der Waals surface area contributed by atoms with Crippen LogP contribution in [0.3, 0.4) is 0 Å². The summed E-state index contributed by atoms with van der Waals surface area (Å²) in [6, 6.07) is 6.20. The second kappa shape index (κ2) is 10.8. The molecule has 0 bridgehead atoms. The molecule has 2 aromatic carbocycles. The summed E-state index contributed by atoms with van der Waals surface area (Å²) in [5, 5.41) is 23.6. The summed E-state index contributed by atoms with van der Waals surface area (Å²) in [5.41, 5.74) is -0.360. The van der Waals surface area contributed by atoms with E-state index < -0.39 is 59.0 Å². The van der Waals surface area contributed by atoms with Crippen molar-refractivity contribution in [1.29, 1.82) is 10.5 Å². The molecule has 1 saturated carbocycles. The normalized spacial score (nSPS) is 19.2. The fourth-order valence-corrected chi connectivity index (χ4v) is 4.02. The van der Waals surface area contributed by atoms with Crippen molar-refractivity contribution in [2.75, 3.05) is 0 Å². The molecule has 176 valence electrons. The first-order chi connectivity index (χ1) is 16.2. The Morgan fingerprint density at radius 2 is 1.21 bits per heavy atom. The smallest absolute Gasteiger partial charge is 0.224 e. The van der Waals surface area contributed by atoms with Crippen LogP contribution in [0.1, 0.15) is 48.9 Å². The van der Waals surface area contributed by atoms with E-state index in [0.29, 0.717) is 31.4 Å². The van der Waals surface area contributed by atoms with Crippen LogP contribution < -0.4 is 10.6 Å². The fraction of sp³-hybridized carbons (Fsp3) is 0.333. The number of carbonyl (C=O) groups excluding carboxylic acids is 2. The third-order valence-corrected chi connectivity index (χ3v) is 5.79. The number of nitrogens with one attached hydrogen (secondary N) is 2. The van der Waals surface area contributed by atoms with Crippen LogP contribution in [0.15, 0.2) is 36.4 Å². The molecule has 0 aliphatic heterocycles. The van der Waals surface area contributed by atoms with Gasteiger partial charge in [-0.1, -0.05) is 18.6 Å². The molecule has 1 fully saturated rings. The molecule has 0 aromatic heterocycles. The highest BCUT2D eigenvalue weighted by Crippen LogP contribution is 2.31. The summed E-state index contributed by atoms with van der Waals surface area (Å²) in [4.78, 5) is 25.5. The number of carbonyl (C=O) groups is 2. The summed E-state index contributed by atoms with van der Waals surface area (Å²) in [6.45, 7) is 0. The third kappa shape index (κ3) is 5.70. The van der Waals surface area contributed by atoms with Crippen LogP contribution >= 0.6 is 0 Å². The van der Waals surface area contributed by atoms with Crippen molar-refractivity contribution >= 4 is 11.8 Å². The van der Waals surface area contributed by atoms with Crippen molar-refractivity contribution in [3.63, 3.8) is 0 Å². The number of hydrogen-bond acceptors (Lipinski definition) is 4. The molecule has 4 unspecified atom stereocenters. The highest BCUT2D eigenvalue weighted by molar-refractivity contribution is 5.83. The first-order valence-corrected chi connectivity index (χ1v) is 10.5. The monoisotopic (exact) mass is 472 g/mol. The van der Waals surface area contributed by atoms with Crippen molar-refractivity contribution < 1.29 is 27.2 Å². The summed E-state index contributed by atoms with van der Waals surface area (Å²) in [6.07, 6.45) is 1.45. The Morgan fingerprint density at radius 3 is 1.56 bits per heavy atom. The van der Waals surface area contributed by atoms with E-state index in [4.69, 9.17) is 0 Å². The molecular weight excluding hydrogens is 452 g/mol. The number of hydrogen-bond donors (Lipinski definition) is 2. The molecule has 3 rings (SSSR count). The summed E-state index contributed by atoms with van der Waals surface area (Å²) in [7, 11) is 0. The molecule has 0 spiro atoms. The van der Waals surface area contributed by atoms with Gasteiger partial charge in [0, 0.05) is 35.1 Å². The summed E-state index contributed by atoms with van der Waals surface area (Å²) in [5.74, 6) is -6.02. The van der Waals surface area contributed by atoms with Gasteiger partial charge in [-0.2, -0.15) is 10.5 Å². The highest BCUT2D eigenvalue weighted by Gasteiger charge is 2.33. The molecular formula is C24H20F4N4O2. The predicted molar refractivity (Wildman–Crippen MR) is 111 cm³/mol. The number of amides is 2. The van der Waals surface area contributed by atoms with Crippen LogP contribution in [0.5, 0.6) is 0 Å². The average molecular weight is 472 g/mol. The molecule has 0 saturated heterocycles. The van der Waals surface area contributed by atoms with Gasteiger partial charge in [-0.15, -0.1) is 0 Å². The number of nitrogens with zero attached hydrogens (tertiary/aromatic N) is 2. The van der Waals surface area contributed by atoms with Gasteiger partial charge in [0.1, 0.15) is 35.4 Å². The maximum Gasteiger partial charge on any atom is 0.224 e. The first-order valence-electron chi connectivity index (χ1n) is 10.5. The van der Waals surface area contributed by atoms with Gasteiger partial charge in [-0.25, -0.2) is 17.6 Å². The first kappa shape index (κ1) is 24.7. The molecule has 2 aromatic rings. The molecule has 0 radical (unpaired) electrons. The maximum absolute atomic E-state index is 14.0. The van der Waals surface area contributed by atoms with E-state index in [1.54, 1.807) is 12.1 Å². The Hall–Kier alpha value is -3.92. The van der Waals surface area contributed by atoms with E-state index in [1.807, 2.05) is 0 Å². The molecule has 6 nitrogen and oxygen atoms in total. The minimum atomic E-state index is -1.34. The largest absolute Gasteiger partial charge is 0.336 e. The second-order valence-corrected chi connectivity index (χ2v) is 8.03. The second-order valence-electron chi connectivity index (χ2n) is 8.03. The van der Waals surface area contributed by atoms with E-state index in [2.05, 4.69) is 10.6 Å². The van der Waals surface area contributed by atoms with Gasteiger partial charge in [-0.05, 0) is 31.4 Å². The van der Waals surface area contributed by atoms with Gasteiger partial charge in [0.05, 0.1) is 12.1 Å². The molecule has 2 amide bonds. The van der Waals surface area contributed by atoms with Crippen molar-refractivity contribution in [1.82, 2.24) is 10.6 Å². The maximum atomic E-state index is 14.0. The Labute approximate surface area is 193 Å². The summed E-state index contributed by atoms with van der Waals surface area (Å²) < 4.78 is 54.3. The Morgan fingerprint density at radius 1 is 0.794 bits per heavy atom. The molecule has 2 N–H and O–H groups in total. The van der Waals surface area contributed by atoms with Crippen LogP contribution in [0.25, 0.3) is 0 Å². The average Bonchev–Trinajstić information content (AvgIpc) is 2.81. The fourth-order valence-electron chi connectivity index (χ4n) is 4.02. The highest BCUT2D eigenvalue weighted by atomic mass is 19.1. The number of benzene rings is 2. The lowest BCUT2D eigenvalue weighted by molar-refractivity contribution is -0.130. The van der Waals surface area contributed by atoms with E-state index in [9.17, 15) is 37.7 Å². The van der Waals surface area contributed by atoms with Gasteiger partial charge in [-0.3, -0.25) is 9.59 Å². The zero-order valence-corrected chi connectivity index (χ0v) is 17.8. The zero-order chi connectivity index (χ0) is 24.8. The van der Waals surface area contributed by atoms with Gasteiger partial charge in [0.15, 0.2) is 0 Å². The molecule has 4 atom stereocenters. The van der Waals surface area contributed by atoms with Crippen molar-refractivity contribution in [2.24, 2.45) is 11.8 Å². The van der Waals surface area contributed by atoms with E-state index in [1.165, 1.54) is 0 Å². The Bertz CT molecular complexity index is 1090. The third-order valence-electron chi connectivity index (χ3n) is 5.79. The van der Waals surface area contributed by atoms with Crippen LogP contribution in [0, 0.1) is 57.8 Å². The van der Waals surface area contributed by atoms with E-state index in [-0.39, 0.29) is 17.5 Å². The molecule has 1 aliphatic carbocycles. The molecule has 34 heavy (non-hydrogen) atoms. The Kier molecular flexibility index (Phi) is 7.85. The zero-order valence-electron chi connectivity index (χ0n) is 17.8. The Balaban J connectivity index is 1.65. The summed E-state index contributed by atoms with van der Waals surface area (Å²) >= 11 is 0. The van der Waals surface area contributed by atoms with Crippen molar-refractivity contribution in [3.8, 4) is 12.1 Å². The van der Waals surface area contributed by atoms with Crippen LogP contribution in [-0.4, -0.2) is 11.8 Å². The van der Waals surface area contributed by atoms with Gasteiger partial charge >= 0.3 is 0 Å². The van der Waals surface area contributed by atoms with Gasteiger partial charge in [0.2, 0.25) is 11.8 Å². The number of rotatable bonds is 6. The minimum absolute atomic E-state index is 0.103. The van der Waals surface area contributed by atoms with Gasteiger partial charge < -0.3 is 10.6 Å². The van der Waals surface area contributed by atoms with Crippen LogP contribution in [0.2, 0.25) is 0 Å². The lowest BCUT2D eigenvalue weighted by atomic mass is 9.80. The lowest BCUT2D eigenvalue weighted by Gasteiger charge is -2.29. The lowest BCUT2D eigenvalue weighted by Crippen LogP contribution is -2.40. The molecule has 0 heterocycles.